The number of H-pyrrole nitrogens is 1. The first kappa shape index (κ1) is 14.1. The van der Waals surface area contributed by atoms with Crippen LogP contribution in [0.25, 0.3) is 11.3 Å². The number of methoxy groups -OCH3 is 1. The molecule has 0 spiro atoms. The number of primary amides is 1. The lowest BCUT2D eigenvalue weighted by Crippen LogP contribution is -2.12. The van der Waals surface area contributed by atoms with Crippen molar-refractivity contribution in [2.24, 2.45) is 5.73 Å². The van der Waals surface area contributed by atoms with Crippen LogP contribution in [0.1, 0.15) is 17.4 Å². The lowest BCUT2D eigenvalue weighted by atomic mass is 10.1. The molecule has 2 aromatic rings. The second-order valence-corrected chi connectivity index (χ2v) is 4.21. The molecule has 0 fully saturated rings. The molecule has 0 saturated carbocycles. The molecule has 0 radical (unpaired) electrons. The summed E-state index contributed by atoms with van der Waals surface area (Å²) in [6.07, 6.45) is 0. The summed E-state index contributed by atoms with van der Waals surface area (Å²) in [5.41, 5.74) is 5.99. The number of aromatic nitrogens is 3. The summed E-state index contributed by atoms with van der Waals surface area (Å²) in [6, 6.07) is 3.22. The Balaban J connectivity index is 2.57. The van der Waals surface area contributed by atoms with Gasteiger partial charge in [0.05, 0.1) is 18.7 Å². The number of ether oxygens (including phenoxy) is 2. The van der Waals surface area contributed by atoms with E-state index in [0.29, 0.717) is 28.7 Å². The summed E-state index contributed by atoms with van der Waals surface area (Å²) in [5.74, 6) is 0.287. The summed E-state index contributed by atoms with van der Waals surface area (Å²) < 4.78 is 10.6. The van der Waals surface area contributed by atoms with Gasteiger partial charge in [0.1, 0.15) is 5.69 Å². The van der Waals surface area contributed by atoms with Crippen molar-refractivity contribution in [1.29, 1.82) is 0 Å². The van der Waals surface area contributed by atoms with Gasteiger partial charge in [0.2, 0.25) is 0 Å². The standard InChI is InChI=1S/C12H13ClN4O3/c1-3-20-9-5-7(13)6(4-8(9)19-2)10-11(12(14)18)16-17-15-10/h4-5H,3H2,1-2H3,(H2,14,18)(H,15,16,17). The number of nitrogens with two attached hydrogens (primary N) is 1. The molecular formula is C12H13ClN4O3. The van der Waals surface area contributed by atoms with Crippen molar-refractivity contribution >= 4 is 17.5 Å². The van der Waals surface area contributed by atoms with E-state index in [9.17, 15) is 4.79 Å². The third-order valence-electron chi connectivity index (χ3n) is 2.59. The van der Waals surface area contributed by atoms with Crippen molar-refractivity contribution in [2.45, 2.75) is 6.92 Å². The minimum Gasteiger partial charge on any atom is -0.493 e. The Morgan fingerprint density at radius 2 is 2.15 bits per heavy atom. The molecule has 1 heterocycles. The van der Waals surface area contributed by atoms with E-state index in [1.807, 2.05) is 6.92 Å². The van der Waals surface area contributed by atoms with E-state index >= 15 is 0 Å². The molecule has 1 aromatic heterocycles. The zero-order valence-electron chi connectivity index (χ0n) is 10.9. The highest BCUT2D eigenvalue weighted by atomic mass is 35.5. The fourth-order valence-electron chi connectivity index (χ4n) is 1.73. The molecular weight excluding hydrogens is 284 g/mol. The number of halogens is 1. The molecule has 106 valence electrons. The van der Waals surface area contributed by atoms with Crippen molar-refractivity contribution in [3.8, 4) is 22.8 Å². The van der Waals surface area contributed by atoms with Gasteiger partial charge in [-0.3, -0.25) is 4.79 Å². The van der Waals surface area contributed by atoms with Crippen LogP contribution in [-0.4, -0.2) is 35.0 Å². The normalized spacial score (nSPS) is 10.3. The number of carbonyl (C=O) groups excluding carboxylic acids is 1. The molecule has 0 aliphatic carbocycles. The Labute approximate surface area is 120 Å². The van der Waals surface area contributed by atoms with Gasteiger partial charge in [-0.2, -0.15) is 15.4 Å². The van der Waals surface area contributed by atoms with Crippen molar-refractivity contribution in [1.82, 2.24) is 15.4 Å². The Morgan fingerprint density at radius 1 is 1.40 bits per heavy atom. The topological polar surface area (TPSA) is 103 Å². The molecule has 0 aliphatic rings. The molecule has 0 bridgehead atoms. The predicted molar refractivity (Wildman–Crippen MR) is 73.1 cm³/mol. The summed E-state index contributed by atoms with van der Waals surface area (Å²) >= 11 is 6.19. The van der Waals surface area contributed by atoms with Crippen LogP contribution in [0.4, 0.5) is 0 Å². The molecule has 1 aromatic carbocycles. The number of amides is 1. The first-order valence-electron chi connectivity index (χ1n) is 5.79. The van der Waals surface area contributed by atoms with Crippen LogP contribution in [-0.2, 0) is 0 Å². The largest absolute Gasteiger partial charge is 0.493 e. The molecule has 20 heavy (non-hydrogen) atoms. The lowest BCUT2D eigenvalue weighted by Gasteiger charge is -2.12. The van der Waals surface area contributed by atoms with Gasteiger partial charge in [0, 0.05) is 11.6 Å². The van der Waals surface area contributed by atoms with Gasteiger partial charge in [-0.1, -0.05) is 11.6 Å². The van der Waals surface area contributed by atoms with Gasteiger partial charge in [0.15, 0.2) is 17.2 Å². The maximum absolute atomic E-state index is 11.3. The van der Waals surface area contributed by atoms with Crippen LogP contribution in [0.2, 0.25) is 5.02 Å². The number of benzene rings is 1. The van der Waals surface area contributed by atoms with Gasteiger partial charge in [0.25, 0.3) is 5.91 Å². The van der Waals surface area contributed by atoms with E-state index in [2.05, 4.69) is 15.4 Å². The third-order valence-corrected chi connectivity index (χ3v) is 2.90. The van der Waals surface area contributed by atoms with Crippen molar-refractivity contribution < 1.29 is 14.3 Å². The summed E-state index contributed by atoms with van der Waals surface area (Å²) in [4.78, 5) is 11.3. The highest BCUT2D eigenvalue weighted by molar-refractivity contribution is 6.33. The van der Waals surface area contributed by atoms with Crippen molar-refractivity contribution in [3.05, 3.63) is 22.8 Å². The quantitative estimate of drug-likeness (QED) is 0.873. The van der Waals surface area contributed by atoms with Gasteiger partial charge < -0.3 is 15.2 Å². The van der Waals surface area contributed by atoms with Gasteiger partial charge in [-0.15, -0.1) is 0 Å². The number of aromatic amines is 1. The number of nitrogens with one attached hydrogen (secondary N) is 1. The van der Waals surface area contributed by atoms with Crippen LogP contribution in [0.5, 0.6) is 11.5 Å². The number of hydrogen-bond donors (Lipinski definition) is 2. The van der Waals surface area contributed by atoms with Crippen LogP contribution in [0.3, 0.4) is 0 Å². The average Bonchev–Trinajstić information content (AvgIpc) is 2.88. The maximum atomic E-state index is 11.3. The van der Waals surface area contributed by atoms with Gasteiger partial charge >= 0.3 is 0 Å². The molecule has 0 atom stereocenters. The number of nitrogens with zero attached hydrogens (tertiary/aromatic N) is 2. The molecule has 0 unspecified atom stereocenters. The van der Waals surface area contributed by atoms with Gasteiger partial charge in [-0.05, 0) is 13.0 Å². The number of carbonyl (C=O) groups is 1. The van der Waals surface area contributed by atoms with Crippen molar-refractivity contribution in [2.75, 3.05) is 13.7 Å². The fraction of sp³-hybridized carbons (Fsp3) is 0.250. The minimum absolute atomic E-state index is 0.0121. The van der Waals surface area contributed by atoms with Crippen LogP contribution < -0.4 is 15.2 Å². The second-order valence-electron chi connectivity index (χ2n) is 3.80. The zero-order chi connectivity index (χ0) is 14.7. The highest BCUT2D eigenvalue weighted by Gasteiger charge is 2.20. The average molecular weight is 297 g/mol. The van der Waals surface area contributed by atoms with Crippen LogP contribution in [0.15, 0.2) is 12.1 Å². The first-order valence-corrected chi connectivity index (χ1v) is 6.17. The van der Waals surface area contributed by atoms with Crippen LogP contribution in [0, 0.1) is 0 Å². The third kappa shape index (κ3) is 2.53. The SMILES string of the molecule is CCOc1cc(Cl)c(-c2n[nH]nc2C(N)=O)cc1OC. The van der Waals surface area contributed by atoms with E-state index < -0.39 is 5.91 Å². The lowest BCUT2D eigenvalue weighted by molar-refractivity contribution is 0.0996. The van der Waals surface area contributed by atoms with E-state index in [1.165, 1.54) is 7.11 Å². The highest BCUT2D eigenvalue weighted by Crippen LogP contribution is 2.38. The summed E-state index contributed by atoms with van der Waals surface area (Å²) in [7, 11) is 1.51. The zero-order valence-corrected chi connectivity index (χ0v) is 11.7. The molecule has 1 amide bonds. The Bertz CT molecular complexity index is 642. The summed E-state index contributed by atoms with van der Waals surface area (Å²) in [5, 5.41) is 10.3. The van der Waals surface area contributed by atoms with E-state index in [4.69, 9.17) is 26.8 Å². The maximum Gasteiger partial charge on any atom is 0.271 e. The smallest absolute Gasteiger partial charge is 0.271 e. The summed E-state index contributed by atoms with van der Waals surface area (Å²) in [6.45, 7) is 2.33. The molecule has 3 N–H and O–H groups in total. The monoisotopic (exact) mass is 296 g/mol. The number of rotatable bonds is 5. The molecule has 2 rings (SSSR count). The first-order chi connectivity index (χ1) is 9.58. The Kier molecular flexibility index (Phi) is 4.09. The predicted octanol–water partition coefficient (Wildman–Crippen LogP) is 1.63. The molecule has 0 aliphatic heterocycles. The van der Waals surface area contributed by atoms with E-state index in [-0.39, 0.29) is 11.4 Å². The minimum atomic E-state index is -0.697. The van der Waals surface area contributed by atoms with E-state index in [1.54, 1.807) is 12.1 Å². The van der Waals surface area contributed by atoms with E-state index in [0.717, 1.165) is 0 Å². The Morgan fingerprint density at radius 3 is 2.75 bits per heavy atom. The molecule has 0 saturated heterocycles. The second kappa shape index (κ2) is 5.79. The van der Waals surface area contributed by atoms with Gasteiger partial charge in [-0.25, -0.2) is 0 Å². The molecule has 8 heteroatoms. The Hall–Kier alpha value is -2.28. The number of hydrogen-bond acceptors (Lipinski definition) is 5. The molecule has 7 nitrogen and oxygen atoms in total. The van der Waals surface area contributed by atoms with Crippen molar-refractivity contribution in [3.63, 3.8) is 0 Å². The van der Waals surface area contributed by atoms with Crippen LogP contribution >= 0.6 is 11.6 Å². The fourth-order valence-corrected chi connectivity index (χ4v) is 1.98.